The molecule has 0 spiro atoms. The van der Waals surface area contributed by atoms with E-state index in [9.17, 15) is 9.59 Å². The van der Waals surface area contributed by atoms with Gasteiger partial charge >= 0.3 is 0 Å². The van der Waals surface area contributed by atoms with Crippen LogP contribution < -0.4 is 5.32 Å². The monoisotopic (exact) mass is 278 g/mol. The molecule has 1 saturated carbocycles. The maximum absolute atomic E-state index is 12.4. The molecule has 1 aromatic heterocycles. The van der Waals surface area contributed by atoms with Crippen LogP contribution in [0.2, 0.25) is 0 Å². The fourth-order valence-corrected chi connectivity index (χ4v) is 2.49. The lowest BCUT2D eigenvalue weighted by molar-refractivity contribution is -0.134. The Kier molecular flexibility index (Phi) is 3.42. The van der Waals surface area contributed by atoms with Crippen molar-refractivity contribution in [3.8, 4) is 0 Å². The quantitative estimate of drug-likeness (QED) is 0.840. The summed E-state index contributed by atoms with van der Waals surface area (Å²) in [4.78, 5) is 30.0. The van der Waals surface area contributed by atoms with Crippen molar-refractivity contribution in [1.29, 1.82) is 0 Å². The number of nitrogens with zero attached hydrogens (tertiary/aromatic N) is 3. The lowest BCUT2D eigenvalue weighted by Crippen LogP contribution is -2.46. The van der Waals surface area contributed by atoms with Crippen LogP contribution in [0.5, 0.6) is 0 Å². The van der Waals surface area contributed by atoms with Gasteiger partial charge in [-0.15, -0.1) is 0 Å². The molecule has 1 aliphatic heterocycles. The van der Waals surface area contributed by atoms with Gasteiger partial charge in [-0.05, 0) is 25.7 Å². The molecule has 0 aromatic carbocycles. The maximum Gasteiger partial charge on any atom is 0.245 e. The average molecular weight is 278 g/mol. The molecule has 2 aliphatic rings. The summed E-state index contributed by atoms with van der Waals surface area (Å²) in [5.74, 6) is 1.43. The summed E-state index contributed by atoms with van der Waals surface area (Å²) in [6.07, 6.45) is 2.93. The van der Waals surface area contributed by atoms with Crippen LogP contribution in [0.3, 0.4) is 0 Å². The molecule has 1 N–H and O–H groups in total. The molecule has 1 aromatic rings. The minimum absolute atomic E-state index is 0.0228. The number of rotatable bonds is 4. The van der Waals surface area contributed by atoms with Gasteiger partial charge in [0.2, 0.25) is 17.7 Å². The molecule has 7 nitrogen and oxygen atoms in total. The summed E-state index contributed by atoms with van der Waals surface area (Å²) in [5, 5.41) is 6.57. The molecule has 2 fully saturated rings. The third-order valence-electron chi connectivity index (χ3n) is 3.76. The zero-order chi connectivity index (χ0) is 14.1. The van der Waals surface area contributed by atoms with E-state index in [1.165, 1.54) is 0 Å². The van der Waals surface area contributed by atoms with Crippen LogP contribution >= 0.6 is 0 Å². The van der Waals surface area contributed by atoms with Gasteiger partial charge in [-0.2, -0.15) is 4.98 Å². The second-order valence-electron chi connectivity index (χ2n) is 5.44. The van der Waals surface area contributed by atoms with Gasteiger partial charge in [0.25, 0.3) is 0 Å². The summed E-state index contributed by atoms with van der Waals surface area (Å²) in [6.45, 7) is 2.73. The fourth-order valence-electron chi connectivity index (χ4n) is 2.49. The number of carbonyl (C=O) groups excluding carboxylic acids is 2. The molecule has 0 bridgehead atoms. The van der Waals surface area contributed by atoms with Gasteiger partial charge in [0.15, 0.2) is 5.82 Å². The smallest absolute Gasteiger partial charge is 0.245 e. The van der Waals surface area contributed by atoms with E-state index >= 15 is 0 Å². The average Bonchev–Trinajstić information content (AvgIpc) is 3.19. The number of hydrogen-bond acceptors (Lipinski definition) is 5. The first-order valence-electron chi connectivity index (χ1n) is 7.01. The topological polar surface area (TPSA) is 88.3 Å². The molecular weight excluding hydrogens is 260 g/mol. The van der Waals surface area contributed by atoms with Crippen LogP contribution in [0.15, 0.2) is 4.52 Å². The summed E-state index contributed by atoms with van der Waals surface area (Å²) in [6, 6.07) is -0.338. The van der Waals surface area contributed by atoms with Gasteiger partial charge in [-0.3, -0.25) is 9.59 Å². The second-order valence-corrected chi connectivity index (χ2v) is 5.44. The molecule has 1 unspecified atom stereocenters. The lowest BCUT2D eigenvalue weighted by Gasteiger charge is -2.23. The number of nitrogens with one attached hydrogen (secondary N) is 1. The predicted octanol–water partition coefficient (Wildman–Crippen LogP) is 0.0476. The third-order valence-corrected chi connectivity index (χ3v) is 3.76. The lowest BCUT2D eigenvalue weighted by atomic mass is 10.1. The normalized spacial score (nSPS) is 23.6. The fraction of sp³-hybridized carbons (Fsp3) is 0.692. The van der Waals surface area contributed by atoms with Crippen molar-refractivity contribution in [2.75, 3.05) is 13.1 Å². The largest absolute Gasteiger partial charge is 0.344 e. The summed E-state index contributed by atoms with van der Waals surface area (Å²) >= 11 is 0. The van der Waals surface area contributed by atoms with Crippen LogP contribution in [0.25, 0.3) is 0 Å². The molecule has 108 valence electrons. The Morgan fingerprint density at radius 1 is 1.40 bits per heavy atom. The second kappa shape index (κ2) is 5.22. The number of hydrogen-bond donors (Lipinski definition) is 1. The Morgan fingerprint density at radius 3 is 2.85 bits per heavy atom. The van der Waals surface area contributed by atoms with Crippen molar-refractivity contribution in [3.63, 3.8) is 0 Å². The zero-order valence-electron chi connectivity index (χ0n) is 11.5. The molecule has 2 amide bonds. The van der Waals surface area contributed by atoms with E-state index in [-0.39, 0.29) is 17.9 Å². The minimum Gasteiger partial charge on any atom is -0.344 e. The summed E-state index contributed by atoms with van der Waals surface area (Å²) in [7, 11) is 0. The van der Waals surface area contributed by atoms with Crippen molar-refractivity contribution < 1.29 is 14.1 Å². The third kappa shape index (κ3) is 2.81. The molecule has 1 aliphatic carbocycles. The Morgan fingerprint density at radius 2 is 2.20 bits per heavy atom. The molecule has 2 heterocycles. The van der Waals surface area contributed by atoms with Crippen LogP contribution in [0.4, 0.5) is 0 Å². The molecule has 20 heavy (non-hydrogen) atoms. The number of aromatic nitrogens is 2. The van der Waals surface area contributed by atoms with E-state index in [0.717, 1.165) is 12.8 Å². The highest BCUT2D eigenvalue weighted by atomic mass is 16.5. The Balaban J connectivity index is 1.64. The first kappa shape index (κ1) is 13.1. The SMILES string of the molecule is Cc1noc(CCN2CCC(=O)NC(C3CC3)C2=O)n1. The highest BCUT2D eigenvalue weighted by molar-refractivity contribution is 5.90. The Labute approximate surface area is 116 Å². The first-order chi connectivity index (χ1) is 9.63. The molecule has 3 rings (SSSR count). The van der Waals surface area contributed by atoms with Crippen LogP contribution in [-0.4, -0.2) is 46.0 Å². The van der Waals surface area contributed by atoms with Crippen LogP contribution in [-0.2, 0) is 16.0 Å². The van der Waals surface area contributed by atoms with Gasteiger partial charge in [-0.25, -0.2) is 0 Å². The highest BCUT2D eigenvalue weighted by Crippen LogP contribution is 2.34. The van der Waals surface area contributed by atoms with Gasteiger partial charge in [0.05, 0.1) is 0 Å². The predicted molar refractivity (Wildman–Crippen MR) is 68.6 cm³/mol. The standard InChI is InChI=1S/C13H18N4O3/c1-8-14-11(20-16-8)5-7-17-6-4-10(18)15-12(13(17)19)9-2-3-9/h9,12H,2-7H2,1H3,(H,15,18). The number of aryl methyl sites for hydroxylation is 1. The van der Waals surface area contributed by atoms with Crippen LogP contribution in [0.1, 0.15) is 31.0 Å². The van der Waals surface area contributed by atoms with Gasteiger partial charge in [-0.1, -0.05) is 5.16 Å². The van der Waals surface area contributed by atoms with Crippen molar-refractivity contribution in [3.05, 3.63) is 11.7 Å². The van der Waals surface area contributed by atoms with Crippen molar-refractivity contribution in [1.82, 2.24) is 20.4 Å². The van der Waals surface area contributed by atoms with E-state index in [0.29, 0.717) is 43.6 Å². The summed E-state index contributed by atoms with van der Waals surface area (Å²) in [5.41, 5.74) is 0. The van der Waals surface area contributed by atoms with E-state index in [1.807, 2.05) is 0 Å². The Bertz CT molecular complexity index is 523. The summed E-state index contributed by atoms with van der Waals surface area (Å²) < 4.78 is 5.05. The Hall–Kier alpha value is -1.92. The van der Waals surface area contributed by atoms with Gasteiger partial charge in [0.1, 0.15) is 6.04 Å². The molecule has 7 heteroatoms. The van der Waals surface area contributed by atoms with E-state index in [4.69, 9.17) is 4.52 Å². The molecule has 1 atom stereocenters. The van der Waals surface area contributed by atoms with Crippen molar-refractivity contribution in [2.45, 2.75) is 38.6 Å². The van der Waals surface area contributed by atoms with E-state index in [1.54, 1.807) is 11.8 Å². The minimum atomic E-state index is -0.338. The molecule has 0 radical (unpaired) electrons. The number of amides is 2. The number of carbonyl (C=O) groups is 2. The van der Waals surface area contributed by atoms with Gasteiger partial charge in [0, 0.05) is 25.9 Å². The molecule has 1 saturated heterocycles. The van der Waals surface area contributed by atoms with Crippen molar-refractivity contribution in [2.24, 2.45) is 5.92 Å². The van der Waals surface area contributed by atoms with Gasteiger partial charge < -0.3 is 14.7 Å². The van der Waals surface area contributed by atoms with E-state index < -0.39 is 0 Å². The highest BCUT2D eigenvalue weighted by Gasteiger charge is 2.40. The molecular formula is C13H18N4O3. The first-order valence-corrected chi connectivity index (χ1v) is 7.01. The maximum atomic E-state index is 12.4. The van der Waals surface area contributed by atoms with Crippen molar-refractivity contribution >= 4 is 11.8 Å². The van der Waals surface area contributed by atoms with Crippen LogP contribution in [0, 0.1) is 12.8 Å². The van der Waals surface area contributed by atoms with E-state index in [2.05, 4.69) is 15.5 Å². The zero-order valence-corrected chi connectivity index (χ0v) is 11.5.